The van der Waals surface area contributed by atoms with Crippen LogP contribution in [0.3, 0.4) is 0 Å². The number of hydrogen-bond donors (Lipinski definition) is 0. The molecule has 0 aromatic heterocycles. The second kappa shape index (κ2) is 28.3. The first-order chi connectivity index (χ1) is 27.0. The van der Waals surface area contributed by atoms with Crippen LogP contribution in [0.2, 0.25) is 0 Å². The predicted octanol–water partition coefficient (Wildman–Crippen LogP) is 17.9. The van der Waals surface area contributed by atoms with Gasteiger partial charge in [0.1, 0.15) is 0 Å². The second-order valence-corrected chi connectivity index (χ2v) is 12.1. The van der Waals surface area contributed by atoms with Gasteiger partial charge in [-0.2, -0.15) is 0 Å². The highest BCUT2D eigenvalue weighted by molar-refractivity contribution is 5.92. The number of anilines is 2. The molecule has 300 valence electrons. The maximum atomic E-state index is 2.44. The van der Waals surface area contributed by atoms with Crippen LogP contribution in [0, 0.1) is 6.92 Å². The van der Waals surface area contributed by atoms with Gasteiger partial charge in [0.25, 0.3) is 0 Å². The largest absolute Gasteiger partial charge is 0.342 e. The average molecular weight is 750 g/mol. The van der Waals surface area contributed by atoms with E-state index in [0.29, 0.717) is 0 Å². The van der Waals surface area contributed by atoms with E-state index in [1.54, 1.807) is 0 Å². The molecule has 0 amide bonds. The molecule has 0 bridgehead atoms. The van der Waals surface area contributed by atoms with Gasteiger partial charge >= 0.3 is 0 Å². The standard InChI is InChI=1S/C28H27N.C10H8.C6H6.5C2H6.CH4/c1-5-29(27-17-14-20-10-6-7-11-22(20)19(27)2)21-15-16-26-24(18-21)23-12-8-9-13-25(23)28(26,3)4;1-2-6-10-8-4-3-7-9(10)5-1;1-2-4-6-5-3-1;5*1-2;/h6-18H,5H2,1-4H3;1-8H;1-6H;5*1-2H3;1H4. The molecule has 1 aliphatic carbocycles. The number of fused-ring (bicyclic) bond motifs is 5. The maximum absolute atomic E-state index is 2.44. The Kier molecular flexibility index (Phi) is 25.7. The Labute approximate surface area is 344 Å². The Morgan fingerprint density at radius 3 is 1.32 bits per heavy atom. The van der Waals surface area contributed by atoms with Crippen molar-refractivity contribution < 1.29 is 0 Å². The molecule has 0 atom stereocenters. The number of nitrogens with zero attached hydrogens (tertiary/aromatic N) is 1. The van der Waals surface area contributed by atoms with E-state index in [0.717, 1.165) is 6.54 Å². The normalized spacial score (nSPS) is 10.4. The Hall–Kier alpha value is -5.14. The molecule has 0 radical (unpaired) electrons. The molecular weight excluding hydrogens is 675 g/mol. The fourth-order valence-electron chi connectivity index (χ4n) is 6.59. The summed E-state index contributed by atoms with van der Waals surface area (Å²) in [7, 11) is 0. The van der Waals surface area contributed by atoms with Gasteiger partial charge in [0, 0.05) is 23.3 Å². The van der Waals surface area contributed by atoms with Crippen molar-refractivity contribution in [3.8, 4) is 11.1 Å². The van der Waals surface area contributed by atoms with Crippen LogP contribution < -0.4 is 4.90 Å². The quantitative estimate of drug-likeness (QED) is 0.174. The lowest BCUT2D eigenvalue weighted by atomic mass is 9.82. The van der Waals surface area contributed by atoms with Crippen LogP contribution in [0.25, 0.3) is 32.7 Å². The van der Waals surface area contributed by atoms with Crippen LogP contribution in [0.5, 0.6) is 0 Å². The third-order valence-corrected chi connectivity index (χ3v) is 8.98. The van der Waals surface area contributed by atoms with E-state index in [2.05, 4.69) is 160 Å². The monoisotopic (exact) mass is 750 g/mol. The highest BCUT2D eigenvalue weighted by Gasteiger charge is 2.35. The SMILES string of the molecule is C.CC.CC.CC.CC.CC.CCN(c1ccc2c(c1)-c1ccccc1C2(C)C)c1ccc2ccccc2c1C.c1ccc2ccccc2c1.c1ccccc1. The first-order valence-corrected chi connectivity index (χ1v) is 20.9. The highest BCUT2D eigenvalue weighted by Crippen LogP contribution is 2.50. The van der Waals surface area contributed by atoms with Gasteiger partial charge < -0.3 is 4.90 Å². The van der Waals surface area contributed by atoms with E-state index in [4.69, 9.17) is 0 Å². The summed E-state index contributed by atoms with van der Waals surface area (Å²) in [5, 5.41) is 5.25. The molecule has 7 aromatic carbocycles. The lowest BCUT2D eigenvalue weighted by molar-refractivity contribution is 0.660. The van der Waals surface area contributed by atoms with Crippen molar-refractivity contribution in [3.05, 3.63) is 180 Å². The molecule has 0 unspecified atom stereocenters. The Morgan fingerprint density at radius 2 is 0.839 bits per heavy atom. The highest BCUT2D eigenvalue weighted by atomic mass is 15.1. The zero-order valence-electron chi connectivity index (χ0n) is 36.7. The summed E-state index contributed by atoms with van der Waals surface area (Å²) in [6.07, 6.45) is 0. The van der Waals surface area contributed by atoms with Crippen molar-refractivity contribution in [3.63, 3.8) is 0 Å². The third kappa shape index (κ3) is 13.0. The van der Waals surface area contributed by atoms with Gasteiger partial charge in [0.15, 0.2) is 0 Å². The molecule has 0 aliphatic heterocycles. The van der Waals surface area contributed by atoms with Crippen LogP contribution in [0.15, 0.2) is 164 Å². The minimum Gasteiger partial charge on any atom is -0.342 e. The van der Waals surface area contributed by atoms with Crippen molar-refractivity contribution in [2.24, 2.45) is 0 Å². The average Bonchev–Trinajstić information content (AvgIpc) is 3.52. The summed E-state index contributed by atoms with van der Waals surface area (Å²) in [6, 6.07) is 57.8. The fraction of sp³-hybridized carbons (Fsp3) is 0.309. The molecule has 7 aromatic rings. The zero-order valence-corrected chi connectivity index (χ0v) is 36.7. The van der Waals surface area contributed by atoms with Crippen LogP contribution in [0.1, 0.15) is 114 Å². The molecule has 1 aliphatic rings. The van der Waals surface area contributed by atoms with E-state index in [1.807, 2.05) is 106 Å². The predicted molar refractivity (Wildman–Crippen MR) is 259 cm³/mol. The Bertz CT molecular complexity index is 1950. The van der Waals surface area contributed by atoms with Crippen molar-refractivity contribution in [2.75, 3.05) is 11.4 Å². The van der Waals surface area contributed by atoms with Crippen molar-refractivity contribution in [1.29, 1.82) is 0 Å². The minimum absolute atomic E-state index is 0. The number of aryl methyl sites for hydroxylation is 1. The third-order valence-electron chi connectivity index (χ3n) is 8.98. The number of rotatable bonds is 3. The summed E-state index contributed by atoms with van der Waals surface area (Å²) >= 11 is 0. The van der Waals surface area contributed by atoms with E-state index in [-0.39, 0.29) is 12.8 Å². The zero-order chi connectivity index (χ0) is 41.2. The molecule has 0 N–H and O–H groups in total. The summed E-state index contributed by atoms with van der Waals surface area (Å²) in [6.45, 7) is 30.1. The van der Waals surface area contributed by atoms with Gasteiger partial charge in [-0.25, -0.2) is 0 Å². The first kappa shape index (κ1) is 50.9. The molecule has 0 saturated heterocycles. The summed E-state index contributed by atoms with van der Waals surface area (Å²) in [5.74, 6) is 0. The van der Waals surface area contributed by atoms with Gasteiger partial charge in [-0.05, 0) is 81.4 Å². The summed E-state index contributed by atoms with van der Waals surface area (Å²) < 4.78 is 0. The summed E-state index contributed by atoms with van der Waals surface area (Å²) in [4.78, 5) is 2.44. The molecular formula is C55H75N. The topological polar surface area (TPSA) is 3.24 Å². The molecule has 0 saturated carbocycles. The van der Waals surface area contributed by atoms with E-state index < -0.39 is 0 Å². The van der Waals surface area contributed by atoms with Gasteiger partial charge in [0.05, 0.1) is 0 Å². The molecule has 1 nitrogen and oxygen atoms in total. The van der Waals surface area contributed by atoms with E-state index in [1.165, 1.54) is 60.7 Å². The molecule has 8 rings (SSSR count). The molecule has 0 spiro atoms. The molecule has 0 heterocycles. The van der Waals surface area contributed by atoms with Crippen molar-refractivity contribution in [2.45, 2.75) is 110 Å². The van der Waals surface area contributed by atoms with Crippen molar-refractivity contribution in [1.82, 2.24) is 0 Å². The van der Waals surface area contributed by atoms with E-state index >= 15 is 0 Å². The second-order valence-electron chi connectivity index (χ2n) is 12.1. The number of benzene rings is 7. The fourth-order valence-corrected chi connectivity index (χ4v) is 6.59. The van der Waals surface area contributed by atoms with Crippen LogP contribution in [0.4, 0.5) is 11.4 Å². The van der Waals surface area contributed by atoms with Crippen LogP contribution >= 0.6 is 0 Å². The van der Waals surface area contributed by atoms with Crippen molar-refractivity contribution >= 4 is 32.9 Å². The minimum atomic E-state index is 0. The molecule has 0 fully saturated rings. The van der Waals surface area contributed by atoms with Gasteiger partial charge in [-0.1, -0.05) is 236 Å². The Balaban J connectivity index is 0.000000921. The van der Waals surface area contributed by atoms with Gasteiger partial charge in [-0.15, -0.1) is 0 Å². The van der Waals surface area contributed by atoms with Gasteiger partial charge in [-0.3, -0.25) is 0 Å². The Morgan fingerprint density at radius 1 is 0.429 bits per heavy atom. The molecule has 1 heteroatoms. The van der Waals surface area contributed by atoms with Gasteiger partial charge in [0.2, 0.25) is 0 Å². The lowest BCUT2D eigenvalue weighted by Gasteiger charge is -2.27. The smallest absolute Gasteiger partial charge is 0.0446 e. The molecule has 56 heavy (non-hydrogen) atoms. The first-order valence-electron chi connectivity index (χ1n) is 20.9. The maximum Gasteiger partial charge on any atom is 0.0446 e. The lowest BCUT2D eigenvalue weighted by Crippen LogP contribution is -2.18. The van der Waals surface area contributed by atoms with E-state index in [9.17, 15) is 0 Å². The van der Waals surface area contributed by atoms with Crippen LogP contribution in [-0.2, 0) is 5.41 Å². The summed E-state index contributed by atoms with van der Waals surface area (Å²) in [5.41, 5.74) is 9.55. The number of hydrogen-bond acceptors (Lipinski definition) is 1. The van der Waals surface area contributed by atoms with Crippen LogP contribution in [-0.4, -0.2) is 6.54 Å².